The van der Waals surface area contributed by atoms with E-state index in [2.05, 4.69) is 16.8 Å². The predicted octanol–water partition coefficient (Wildman–Crippen LogP) is 4.49. The van der Waals surface area contributed by atoms with Crippen LogP contribution in [0.1, 0.15) is 49.6 Å². The van der Waals surface area contributed by atoms with Crippen molar-refractivity contribution in [1.29, 1.82) is 0 Å². The van der Waals surface area contributed by atoms with Crippen LogP contribution < -0.4 is 5.73 Å². The van der Waals surface area contributed by atoms with Crippen LogP contribution in [0.25, 0.3) is 0 Å². The molecule has 152 valence electrons. The van der Waals surface area contributed by atoms with Crippen LogP contribution in [0.5, 0.6) is 0 Å². The number of rotatable bonds is 5. The highest BCUT2D eigenvalue weighted by atomic mass is 35.5. The Morgan fingerprint density at radius 1 is 1.36 bits per heavy atom. The highest BCUT2D eigenvalue weighted by molar-refractivity contribution is 6.30. The van der Waals surface area contributed by atoms with Gasteiger partial charge in [0.25, 0.3) is 0 Å². The van der Waals surface area contributed by atoms with Gasteiger partial charge < -0.3 is 10.8 Å². The normalized spacial score (nSPS) is 21.6. The lowest BCUT2D eigenvalue weighted by Gasteiger charge is -2.38. The first-order valence-corrected chi connectivity index (χ1v) is 9.93. The van der Waals surface area contributed by atoms with Crippen LogP contribution in [-0.4, -0.2) is 27.6 Å². The topological polar surface area (TPSA) is 62.4 Å². The number of pyridine rings is 1. The maximum Gasteiger partial charge on any atom is 0.150 e. The molecular weight excluding hydrogens is 384 g/mol. The van der Waals surface area contributed by atoms with Gasteiger partial charge >= 0.3 is 0 Å². The molecular formula is C21H26ClF2N3O. The van der Waals surface area contributed by atoms with Crippen LogP contribution in [0, 0.1) is 17.6 Å². The van der Waals surface area contributed by atoms with Gasteiger partial charge in [-0.15, -0.1) is 0 Å². The quantitative estimate of drug-likeness (QED) is 0.763. The van der Waals surface area contributed by atoms with Gasteiger partial charge in [0.05, 0.1) is 16.8 Å². The van der Waals surface area contributed by atoms with E-state index in [4.69, 9.17) is 17.3 Å². The summed E-state index contributed by atoms with van der Waals surface area (Å²) in [6.45, 7) is 4.89. The van der Waals surface area contributed by atoms with E-state index in [0.717, 1.165) is 19.4 Å². The van der Waals surface area contributed by atoms with Gasteiger partial charge in [-0.25, -0.2) is 13.8 Å². The Morgan fingerprint density at radius 2 is 2.11 bits per heavy atom. The van der Waals surface area contributed by atoms with E-state index in [9.17, 15) is 13.9 Å². The number of aliphatic hydroxyl groups excluding tert-OH is 1. The summed E-state index contributed by atoms with van der Waals surface area (Å²) in [5.74, 6) is -0.370. The minimum atomic E-state index is -0.933. The fourth-order valence-corrected chi connectivity index (χ4v) is 4.16. The van der Waals surface area contributed by atoms with Gasteiger partial charge in [-0.3, -0.25) is 4.90 Å². The molecule has 3 N–H and O–H groups in total. The number of nitrogens with zero attached hydrogens (tertiary/aromatic N) is 2. The minimum absolute atomic E-state index is 0.136. The molecule has 4 nitrogen and oxygen atoms in total. The molecule has 0 aliphatic carbocycles. The molecule has 1 aliphatic heterocycles. The van der Waals surface area contributed by atoms with Gasteiger partial charge in [-0.1, -0.05) is 23.7 Å². The zero-order chi connectivity index (χ0) is 20.4. The molecule has 1 fully saturated rings. The average molecular weight is 410 g/mol. The molecule has 0 bridgehead atoms. The van der Waals surface area contributed by atoms with E-state index in [1.807, 2.05) is 0 Å². The van der Waals surface area contributed by atoms with E-state index < -0.39 is 11.9 Å². The lowest BCUT2D eigenvalue weighted by Crippen LogP contribution is -2.41. The van der Waals surface area contributed by atoms with Gasteiger partial charge in [0, 0.05) is 23.7 Å². The monoisotopic (exact) mass is 409 g/mol. The van der Waals surface area contributed by atoms with E-state index >= 15 is 0 Å². The summed E-state index contributed by atoms with van der Waals surface area (Å²) in [6, 6.07) is 6.66. The predicted molar refractivity (Wildman–Crippen MR) is 107 cm³/mol. The Hall–Kier alpha value is -1.76. The molecule has 2 aromatic rings. The van der Waals surface area contributed by atoms with Gasteiger partial charge in [0.1, 0.15) is 11.6 Å². The van der Waals surface area contributed by atoms with Crippen molar-refractivity contribution in [3.8, 4) is 0 Å². The fraction of sp³-hybridized carbons (Fsp3) is 0.476. The zero-order valence-corrected chi connectivity index (χ0v) is 16.9. The summed E-state index contributed by atoms with van der Waals surface area (Å²) >= 11 is 5.88. The lowest BCUT2D eigenvalue weighted by molar-refractivity contribution is 0.113. The Bertz CT molecular complexity index is 847. The summed E-state index contributed by atoms with van der Waals surface area (Å²) < 4.78 is 28.9. The molecule has 0 radical (unpaired) electrons. The van der Waals surface area contributed by atoms with Crippen molar-refractivity contribution in [2.45, 2.75) is 51.8 Å². The van der Waals surface area contributed by atoms with Gasteiger partial charge in [0.15, 0.2) is 5.82 Å². The molecule has 7 heteroatoms. The molecule has 28 heavy (non-hydrogen) atoms. The van der Waals surface area contributed by atoms with E-state index in [1.165, 1.54) is 13.0 Å². The molecule has 2 unspecified atom stereocenters. The number of piperidine rings is 1. The molecule has 3 atom stereocenters. The highest BCUT2D eigenvalue weighted by Crippen LogP contribution is 2.30. The van der Waals surface area contributed by atoms with Gasteiger partial charge in [-0.2, -0.15) is 0 Å². The van der Waals surface area contributed by atoms with Crippen LogP contribution in [0.2, 0.25) is 5.02 Å². The molecule has 1 aliphatic rings. The highest BCUT2D eigenvalue weighted by Gasteiger charge is 2.28. The first-order chi connectivity index (χ1) is 13.3. The fourth-order valence-electron chi connectivity index (χ4n) is 3.97. The maximum atomic E-state index is 14.7. The second kappa shape index (κ2) is 8.72. The van der Waals surface area contributed by atoms with Crippen molar-refractivity contribution in [2.24, 2.45) is 5.92 Å². The van der Waals surface area contributed by atoms with E-state index in [-0.39, 0.29) is 34.2 Å². The van der Waals surface area contributed by atoms with Gasteiger partial charge in [0.2, 0.25) is 0 Å². The first kappa shape index (κ1) is 21.0. The van der Waals surface area contributed by atoms with Crippen molar-refractivity contribution < 1.29 is 13.9 Å². The van der Waals surface area contributed by atoms with Crippen molar-refractivity contribution in [3.63, 3.8) is 0 Å². The summed E-state index contributed by atoms with van der Waals surface area (Å²) in [7, 11) is 0. The minimum Gasteiger partial charge on any atom is -0.389 e. The summed E-state index contributed by atoms with van der Waals surface area (Å²) in [5.41, 5.74) is 6.87. The molecule has 1 aromatic carbocycles. The second-order valence-corrected chi connectivity index (χ2v) is 8.11. The first-order valence-electron chi connectivity index (χ1n) is 9.56. The van der Waals surface area contributed by atoms with Gasteiger partial charge in [-0.05, 0) is 57.7 Å². The summed E-state index contributed by atoms with van der Waals surface area (Å²) in [4.78, 5) is 6.37. The van der Waals surface area contributed by atoms with Crippen LogP contribution in [-0.2, 0) is 13.0 Å². The van der Waals surface area contributed by atoms with Crippen molar-refractivity contribution in [3.05, 3.63) is 57.7 Å². The van der Waals surface area contributed by atoms with E-state index in [1.54, 1.807) is 18.2 Å². The average Bonchev–Trinajstić information content (AvgIpc) is 2.63. The molecule has 0 amide bonds. The van der Waals surface area contributed by atoms with Crippen molar-refractivity contribution >= 4 is 17.4 Å². The lowest BCUT2D eigenvalue weighted by atomic mass is 9.87. The molecule has 2 heterocycles. The zero-order valence-electron chi connectivity index (χ0n) is 16.1. The largest absolute Gasteiger partial charge is 0.389 e. The van der Waals surface area contributed by atoms with Crippen LogP contribution >= 0.6 is 11.6 Å². The Morgan fingerprint density at radius 3 is 2.79 bits per heavy atom. The Labute approximate surface area is 169 Å². The molecule has 1 saturated heterocycles. The molecule has 0 saturated carbocycles. The third kappa shape index (κ3) is 4.62. The van der Waals surface area contributed by atoms with Crippen LogP contribution in [0.3, 0.4) is 0 Å². The number of halogens is 3. The number of nitrogen functional groups attached to an aromatic ring is 1. The second-order valence-electron chi connectivity index (χ2n) is 7.70. The number of hydrogen-bond donors (Lipinski definition) is 2. The Balaban J connectivity index is 1.67. The van der Waals surface area contributed by atoms with Crippen molar-refractivity contribution in [1.82, 2.24) is 9.88 Å². The third-order valence-corrected chi connectivity index (χ3v) is 5.83. The number of anilines is 1. The molecule has 0 spiro atoms. The number of likely N-dealkylation sites (tertiary alicyclic amines) is 1. The Kier molecular flexibility index (Phi) is 6.53. The standard InChI is InChI=1S/C21H26ClF2N3O/c1-12-8-14(9-18-21(24)16(13(2)28)10-19(25)26-18)6-7-27(12)11-15-4-3-5-17(22)20(15)23/h3-5,10,12-14,28H,6-9,11H2,1-2H3,(H2,25,26)/t12-,13?,14?/m1/s1. The smallest absolute Gasteiger partial charge is 0.150 e. The maximum absolute atomic E-state index is 14.7. The third-order valence-electron chi connectivity index (χ3n) is 5.53. The number of hydrogen-bond acceptors (Lipinski definition) is 4. The number of nitrogens with two attached hydrogens (primary N) is 1. The summed E-state index contributed by atoms with van der Waals surface area (Å²) in [6.07, 6.45) is 1.24. The van der Waals surface area contributed by atoms with Crippen LogP contribution in [0.4, 0.5) is 14.6 Å². The van der Waals surface area contributed by atoms with E-state index in [0.29, 0.717) is 24.2 Å². The molecule has 3 rings (SSSR count). The van der Waals surface area contributed by atoms with Crippen LogP contribution in [0.15, 0.2) is 24.3 Å². The summed E-state index contributed by atoms with van der Waals surface area (Å²) in [5, 5.41) is 9.88. The SMILES string of the molecule is CC(O)c1cc(N)nc(CC2CCN(Cc3cccc(Cl)c3F)[C@H](C)C2)c1F. The van der Waals surface area contributed by atoms with Crippen molar-refractivity contribution in [2.75, 3.05) is 12.3 Å². The number of aliphatic hydroxyl groups is 1. The number of aromatic nitrogens is 1. The number of benzene rings is 1. The molecule has 1 aromatic heterocycles.